The van der Waals surface area contributed by atoms with Gasteiger partial charge in [-0.15, -0.1) is 0 Å². The van der Waals surface area contributed by atoms with E-state index in [9.17, 15) is 4.79 Å². The van der Waals surface area contributed by atoms with Crippen LogP contribution in [0.1, 0.15) is 5.56 Å². The third-order valence-corrected chi connectivity index (χ3v) is 4.16. The summed E-state index contributed by atoms with van der Waals surface area (Å²) in [6.07, 6.45) is 1.76. The van der Waals surface area contributed by atoms with Gasteiger partial charge in [-0.3, -0.25) is 9.79 Å². The Morgan fingerprint density at radius 3 is 2.36 bits per heavy atom. The van der Waals surface area contributed by atoms with Crippen LogP contribution in [0.2, 0.25) is 5.02 Å². The van der Waals surface area contributed by atoms with E-state index in [4.69, 9.17) is 21.1 Å². The van der Waals surface area contributed by atoms with Gasteiger partial charge in [0, 0.05) is 6.21 Å². The van der Waals surface area contributed by atoms with Gasteiger partial charge in [0.15, 0.2) is 6.61 Å². The van der Waals surface area contributed by atoms with Crippen LogP contribution in [0.4, 0.5) is 11.4 Å². The average molecular weight is 395 g/mol. The van der Waals surface area contributed by atoms with Crippen molar-refractivity contribution in [1.29, 1.82) is 0 Å². The standard InChI is InChI=1S/C22H19ClN2O3/c1-27-18-12-8-17(9-13-18)24-14-16-6-10-19(11-7-16)28-15-22(26)25-21-5-3-2-4-20(21)23/h2-14H,15H2,1H3,(H,25,26). The highest BCUT2D eigenvalue weighted by molar-refractivity contribution is 6.33. The van der Waals surface area contributed by atoms with Gasteiger partial charge in [-0.1, -0.05) is 23.7 Å². The van der Waals surface area contributed by atoms with Crippen molar-refractivity contribution in [3.63, 3.8) is 0 Å². The number of carbonyl (C=O) groups excluding carboxylic acids is 1. The number of carbonyl (C=O) groups is 1. The molecule has 0 aliphatic rings. The summed E-state index contributed by atoms with van der Waals surface area (Å²) in [6.45, 7) is -0.107. The molecule has 0 aliphatic carbocycles. The van der Waals surface area contributed by atoms with Gasteiger partial charge in [0.05, 0.1) is 23.5 Å². The van der Waals surface area contributed by atoms with Crippen LogP contribution >= 0.6 is 11.6 Å². The number of halogens is 1. The van der Waals surface area contributed by atoms with Gasteiger partial charge in [-0.25, -0.2) is 0 Å². The number of para-hydroxylation sites is 1. The van der Waals surface area contributed by atoms with Gasteiger partial charge < -0.3 is 14.8 Å². The first-order chi connectivity index (χ1) is 13.6. The number of amides is 1. The molecule has 1 N–H and O–H groups in total. The Balaban J connectivity index is 1.51. The third kappa shape index (κ3) is 5.59. The molecule has 6 heteroatoms. The van der Waals surface area contributed by atoms with Crippen molar-refractivity contribution in [3.05, 3.63) is 83.4 Å². The molecule has 142 valence electrons. The predicted molar refractivity (Wildman–Crippen MR) is 112 cm³/mol. The van der Waals surface area contributed by atoms with E-state index in [0.717, 1.165) is 17.0 Å². The molecular weight excluding hydrogens is 376 g/mol. The Labute approximate surface area is 168 Å². The maximum Gasteiger partial charge on any atom is 0.262 e. The summed E-state index contributed by atoms with van der Waals surface area (Å²) >= 11 is 6.02. The SMILES string of the molecule is COc1ccc(N=Cc2ccc(OCC(=O)Nc3ccccc3Cl)cc2)cc1. The van der Waals surface area contributed by atoms with Crippen LogP contribution < -0.4 is 14.8 Å². The number of rotatable bonds is 7. The fraction of sp³-hybridized carbons (Fsp3) is 0.0909. The van der Waals surface area contributed by atoms with E-state index >= 15 is 0 Å². The molecule has 0 atom stereocenters. The molecule has 0 unspecified atom stereocenters. The first kappa shape index (κ1) is 19.5. The lowest BCUT2D eigenvalue weighted by atomic mass is 10.2. The fourth-order valence-corrected chi connectivity index (χ4v) is 2.55. The van der Waals surface area contributed by atoms with Gasteiger partial charge in [0.25, 0.3) is 5.91 Å². The highest BCUT2D eigenvalue weighted by atomic mass is 35.5. The van der Waals surface area contributed by atoms with Crippen LogP contribution in [0.15, 0.2) is 77.8 Å². The van der Waals surface area contributed by atoms with Crippen molar-refractivity contribution >= 4 is 35.1 Å². The van der Waals surface area contributed by atoms with E-state index < -0.39 is 0 Å². The number of aliphatic imine (C=N–C) groups is 1. The average Bonchev–Trinajstić information content (AvgIpc) is 2.73. The Bertz CT molecular complexity index is 954. The lowest BCUT2D eigenvalue weighted by Gasteiger charge is -2.08. The molecule has 3 aromatic rings. The number of hydrogen-bond donors (Lipinski definition) is 1. The molecule has 0 aromatic heterocycles. The van der Waals surface area contributed by atoms with Gasteiger partial charge in [-0.2, -0.15) is 0 Å². The number of ether oxygens (including phenoxy) is 2. The summed E-state index contributed by atoms with van der Waals surface area (Å²) < 4.78 is 10.6. The van der Waals surface area contributed by atoms with Crippen molar-refractivity contribution < 1.29 is 14.3 Å². The van der Waals surface area contributed by atoms with E-state index in [1.165, 1.54) is 0 Å². The largest absolute Gasteiger partial charge is 0.497 e. The topological polar surface area (TPSA) is 59.9 Å². The smallest absolute Gasteiger partial charge is 0.262 e. The summed E-state index contributed by atoms with van der Waals surface area (Å²) in [4.78, 5) is 16.4. The van der Waals surface area contributed by atoms with Crippen molar-refractivity contribution in [2.75, 3.05) is 19.0 Å². The molecule has 0 saturated carbocycles. The molecule has 0 radical (unpaired) electrons. The second kappa shape index (κ2) is 9.58. The number of anilines is 1. The zero-order valence-corrected chi connectivity index (χ0v) is 16.0. The molecule has 0 fully saturated rings. The third-order valence-electron chi connectivity index (χ3n) is 3.83. The number of nitrogens with zero attached hydrogens (tertiary/aromatic N) is 1. The van der Waals surface area contributed by atoms with Gasteiger partial charge in [-0.05, 0) is 66.2 Å². The molecule has 1 amide bonds. The Kier molecular flexibility index (Phi) is 6.65. The lowest BCUT2D eigenvalue weighted by Crippen LogP contribution is -2.20. The number of benzene rings is 3. The molecule has 28 heavy (non-hydrogen) atoms. The Hall–Kier alpha value is -3.31. The second-order valence-electron chi connectivity index (χ2n) is 5.84. The van der Waals surface area contributed by atoms with Gasteiger partial charge in [0.2, 0.25) is 0 Å². The first-order valence-electron chi connectivity index (χ1n) is 8.59. The Morgan fingerprint density at radius 1 is 1.00 bits per heavy atom. The van der Waals surface area contributed by atoms with Crippen molar-refractivity contribution in [1.82, 2.24) is 0 Å². The van der Waals surface area contributed by atoms with Crippen LogP contribution in [-0.4, -0.2) is 25.8 Å². The Morgan fingerprint density at radius 2 is 1.68 bits per heavy atom. The molecule has 3 aromatic carbocycles. The van der Waals surface area contributed by atoms with E-state index in [0.29, 0.717) is 16.5 Å². The monoisotopic (exact) mass is 394 g/mol. The summed E-state index contributed by atoms with van der Waals surface area (Å²) in [7, 11) is 1.63. The highest BCUT2D eigenvalue weighted by Gasteiger charge is 2.06. The van der Waals surface area contributed by atoms with Crippen LogP contribution in [0, 0.1) is 0 Å². The minimum Gasteiger partial charge on any atom is -0.497 e. The maximum atomic E-state index is 12.0. The molecule has 0 spiro atoms. The van der Waals surface area contributed by atoms with Crippen molar-refractivity contribution in [3.8, 4) is 11.5 Å². The van der Waals surface area contributed by atoms with E-state index in [2.05, 4.69) is 10.3 Å². The summed E-state index contributed by atoms with van der Waals surface area (Å²) in [5, 5.41) is 3.20. The highest BCUT2D eigenvalue weighted by Crippen LogP contribution is 2.21. The second-order valence-corrected chi connectivity index (χ2v) is 6.25. The van der Waals surface area contributed by atoms with Crippen molar-refractivity contribution in [2.24, 2.45) is 4.99 Å². The molecule has 5 nitrogen and oxygen atoms in total. The maximum absolute atomic E-state index is 12.0. The van der Waals surface area contributed by atoms with Crippen LogP contribution in [0.5, 0.6) is 11.5 Å². The molecule has 0 heterocycles. The van der Waals surface area contributed by atoms with E-state index in [1.807, 2.05) is 36.4 Å². The number of nitrogens with one attached hydrogen (secondary N) is 1. The van der Waals surface area contributed by atoms with Crippen LogP contribution in [0.3, 0.4) is 0 Å². The number of hydrogen-bond acceptors (Lipinski definition) is 4. The predicted octanol–water partition coefficient (Wildman–Crippen LogP) is 5.12. The zero-order valence-electron chi connectivity index (χ0n) is 15.3. The minimum absolute atomic E-state index is 0.107. The fourth-order valence-electron chi connectivity index (χ4n) is 2.37. The molecule has 3 rings (SSSR count). The van der Waals surface area contributed by atoms with E-state index in [-0.39, 0.29) is 12.5 Å². The molecular formula is C22H19ClN2O3. The lowest BCUT2D eigenvalue weighted by molar-refractivity contribution is -0.118. The van der Waals surface area contributed by atoms with Crippen LogP contribution in [0.25, 0.3) is 0 Å². The summed E-state index contributed by atoms with van der Waals surface area (Å²) in [6, 6.07) is 21.8. The van der Waals surface area contributed by atoms with Gasteiger partial charge in [0.1, 0.15) is 11.5 Å². The van der Waals surface area contributed by atoms with Crippen LogP contribution in [-0.2, 0) is 4.79 Å². The summed E-state index contributed by atoms with van der Waals surface area (Å²) in [5.41, 5.74) is 2.31. The normalized spacial score (nSPS) is 10.6. The quantitative estimate of drug-likeness (QED) is 0.566. The zero-order chi connectivity index (χ0) is 19.8. The van der Waals surface area contributed by atoms with E-state index in [1.54, 1.807) is 49.7 Å². The van der Waals surface area contributed by atoms with Crippen molar-refractivity contribution in [2.45, 2.75) is 0 Å². The molecule has 0 saturated heterocycles. The minimum atomic E-state index is -0.279. The molecule has 0 bridgehead atoms. The number of methoxy groups -OCH3 is 1. The molecule has 0 aliphatic heterocycles. The van der Waals surface area contributed by atoms with Gasteiger partial charge >= 0.3 is 0 Å². The summed E-state index contributed by atoms with van der Waals surface area (Å²) in [5.74, 6) is 1.10. The first-order valence-corrected chi connectivity index (χ1v) is 8.97.